The molecule has 7 heteroatoms. The van der Waals surface area contributed by atoms with Gasteiger partial charge in [-0.15, -0.1) is 0 Å². The van der Waals surface area contributed by atoms with Gasteiger partial charge in [0.2, 0.25) is 5.91 Å². The Balaban J connectivity index is 1.85. The summed E-state index contributed by atoms with van der Waals surface area (Å²) in [5.41, 5.74) is 1.21. The number of carbonyl (C=O) groups excluding carboxylic acids is 1. The largest absolute Gasteiger partial charge is 0.356 e. The predicted octanol–water partition coefficient (Wildman–Crippen LogP) is 2.20. The van der Waals surface area contributed by atoms with Crippen molar-refractivity contribution in [3.63, 3.8) is 0 Å². The van der Waals surface area contributed by atoms with Gasteiger partial charge in [-0.05, 0) is 25.5 Å². The number of rotatable bonds is 7. The molecule has 0 unspecified atom stereocenters. The van der Waals surface area contributed by atoms with Gasteiger partial charge in [0, 0.05) is 19.5 Å². The normalized spacial score (nSPS) is 11.0. The maximum atomic E-state index is 12.8. The van der Waals surface area contributed by atoms with E-state index in [4.69, 9.17) is 0 Å². The standard InChI is InChI=1S/C19H23N5O2/c1-3-4-11-20-17(25)10-12-23-14(2)22-18-16(19(23)26)13-21-24(18)15-8-6-5-7-9-15/h5-9,13H,3-4,10-12H2,1-2H3,(H,20,25). The average Bonchev–Trinajstić information content (AvgIpc) is 3.06. The zero-order valence-electron chi connectivity index (χ0n) is 15.1. The summed E-state index contributed by atoms with van der Waals surface area (Å²) in [5, 5.41) is 7.63. The minimum Gasteiger partial charge on any atom is -0.356 e. The number of nitrogens with zero attached hydrogens (tertiary/aromatic N) is 4. The fourth-order valence-corrected chi connectivity index (χ4v) is 2.83. The fraction of sp³-hybridized carbons (Fsp3) is 0.368. The molecule has 2 heterocycles. The van der Waals surface area contributed by atoms with E-state index in [1.165, 1.54) is 6.20 Å². The summed E-state index contributed by atoms with van der Waals surface area (Å²) in [6.45, 7) is 4.83. The van der Waals surface area contributed by atoms with E-state index in [2.05, 4.69) is 22.3 Å². The molecule has 3 rings (SSSR count). The molecule has 0 saturated heterocycles. The smallest absolute Gasteiger partial charge is 0.264 e. The Kier molecular flexibility index (Phi) is 5.46. The lowest BCUT2D eigenvalue weighted by Gasteiger charge is -2.10. The van der Waals surface area contributed by atoms with Crippen molar-refractivity contribution in [2.45, 2.75) is 39.7 Å². The Morgan fingerprint density at radius 1 is 1.23 bits per heavy atom. The molecule has 1 aromatic carbocycles. The number of amides is 1. The third-order valence-corrected chi connectivity index (χ3v) is 4.29. The van der Waals surface area contributed by atoms with Gasteiger partial charge in [0.1, 0.15) is 11.2 Å². The molecule has 1 N–H and O–H groups in total. The van der Waals surface area contributed by atoms with Gasteiger partial charge in [0.25, 0.3) is 5.56 Å². The van der Waals surface area contributed by atoms with Gasteiger partial charge in [-0.2, -0.15) is 5.10 Å². The van der Waals surface area contributed by atoms with Crippen LogP contribution in [0.4, 0.5) is 0 Å². The van der Waals surface area contributed by atoms with Crippen LogP contribution in [0.5, 0.6) is 0 Å². The van der Waals surface area contributed by atoms with E-state index in [-0.39, 0.29) is 17.9 Å². The molecule has 0 fully saturated rings. The number of benzene rings is 1. The zero-order chi connectivity index (χ0) is 18.5. The van der Waals surface area contributed by atoms with Crippen molar-refractivity contribution in [3.8, 4) is 5.69 Å². The molecule has 7 nitrogen and oxygen atoms in total. The van der Waals surface area contributed by atoms with Crippen molar-refractivity contribution in [2.75, 3.05) is 6.54 Å². The number of hydrogen-bond donors (Lipinski definition) is 1. The van der Waals surface area contributed by atoms with Gasteiger partial charge in [0.05, 0.1) is 11.9 Å². The second-order valence-electron chi connectivity index (χ2n) is 6.20. The first-order chi connectivity index (χ1) is 12.6. The van der Waals surface area contributed by atoms with Crippen LogP contribution in [0.1, 0.15) is 32.0 Å². The van der Waals surface area contributed by atoms with Crippen LogP contribution in [0.2, 0.25) is 0 Å². The van der Waals surface area contributed by atoms with Crippen molar-refractivity contribution < 1.29 is 4.79 Å². The molecule has 0 aliphatic heterocycles. The van der Waals surface area contributed by atoms with Crippen LogP contribution in [-0.4, -0.2) is 31.8 Å². The van der Waals surface area contributed by atoms with Crippen LogP contribution in [0.15, 0.2) is 41.3 Å². The molecular formula is C19H23N5O2. The van der Waals surface area contributed by atoms with Crippen molar-refractivity contribution in [1.82, 2.24) is 24.6 Å². The van der Waals surface area contributed by atoms with Gasteiger partial charge >= 0.3 is 0 Å². The van der Waals surface area contributed by atoms with E-state index in [0.29, 0.717) is 29.9 Å². The van der Waals surface area contributed by atoms with Crippen LogP contribution >= 0.6 is 0 Å². The number of aryl methyl sites for hydroxylation is 1. The molecule has 136 valence electrons. The minimum absolute atomic E-state index is 0.0511. The number of para-hydroxylation sites is 1. The van der Waals surface area contributed by atoms with Crippen molar-refractivity contribution in [2.24, 2.45) is 0 Å². The maximum absolute atomic E-state index is 12.8. The first-order valence-electron chi connectivity index (χ1n) is 8.89. The predicted molar refractivity (Wildman–Crippen MR) is 100 cm³/mol. The molecule has 2 aromatic heterocycles. The molecule has 0 atom stereocenters. The lowest BCUT2D eigenvalue weighted by molar-refractivity contribution is -0.121. The van der Waals surface area contributed by atoms with Crippen molar-refractivity contribution >= 4 is 16.9 Å². The summed E-state index contributed by atoms with van der Waals surface area (Å²) in [4.78, 5) is 29.3. The Hall–Kier alpha value is -2.96. The molecule has 0 bridgehead atoms. The second-order valence-corrected chi connectivity index (χ2v) is 6.20. The Bertz CT molecular complexity index is 959. The SMILES string of the molecule is CCCCNC(=O)CCn1c(C)nc2c(cnn2-c2ccccc2)c1=O. The Morgan fingerprint density at radius 2 is 2.00 bits per heavy atom. The molecule has 1 amide bonds. The maximum Gasteiger partial charge on any atom is 0.264 e. The fourth-order valence-electron chi connectivity index (χ4n) is 2.83. The molecule has 0 spiro atoms. The number of nitrogens with one attached hydrogen (secondary N) is 1. The monoisotopic (exact) mass is 353 g/mol. The highest BCUT2D eigenvalue weighted by molar-refractivity contribution is 5.76. The van der Waals surface area contributed by atoms with E-state index in [9.17, 15) is 9.59 Å². The van der Waals surface area contributed by atoms with E-state index in [1.54, 1.807) is 16.2 Å². The molecule has 0 aliphatic rings. The highest BCUT2D eigenvalue weighted by Gasteiger charge is 2.14. The zero-order valence-corrected chi connectivity index (χ0v) is 15.1. The molecule has 3 aromatic rings. The lowest BCUT2D eigenvalue weighted by atomic mass is 10.3. The Labute approximate surface area is 151 Å². The summed E-state index contributed by atoms with van der Waals surface area (Å²) in [5.74, 6) is 0.520. The second kappa shape index (κ2) is 7.95. The first-order valence-corrected chi connectivity index (χ1v) is 8.89. The van der Waals surface area contributed by atoms with E-state index in [1.807, 2.05) is 30.3 Å². The molecule has 26 heavy (non-hydrogen) atoms. The summed E-state index contributed by atoms with van der Waals surface area (Å²) >= 11 is 0. The topological polar surface area (TPSA) is 81.8 Å². The molecular weight excluding hydrogens is 330 g/mol. The van der Waals surface area contributed by atoms with Gasteiger partial charge < -0.3 is 5.32 Å². The number of carbonyl (C=O) groups is 1. The number of aromatic nitrogens is 4. The van der Waals surface area contributed by atoms with Crippen LogP contribution in [0.3, 0.4) is 0 Å². The quantitative estimate of drug-likeness (QED) is 0.660. The molecule has 0 saturated carbocycles. The highest BCUT2D eigenvalue weighted by atomic mass is 16.1. The van der Waals surface area contributed by atoms with Crippen LogP contribution in [0, 0.1) is 6.92 Å². The van der Waals surface area contributed by atoms with Crippen molar-refractivity contribution in [3.05, 3.63) is 52.7 Å². The van der Waals surface area contributed by atoms with E-state index in [0.717, 1.165) is 18.5 Å². The number of hydrogen-bond acceptors (Lipinski definition) is 4. The van der Waals surface area contributed by atoms with Gasteiger partial charge in [-0.25, -0.2) is 9.67 Å². The lowest BCUT2D eigenvalue weighted by Crippen LogP contribution is -2.29. The number of unbranched alkanes of at least 4 members (excludes halogenated alkanes) is 1. The summed E-state index contributed by atoms with van der Waals surface area (Å²) in [7, 11) is 0. The average molecular weight is 353 g/mol. The first kappa shape index (κ1) is 17.8. The van der Waals surface area contributed by atoms with Crippen molar-refractivity contribution in [1.29, 1.82) is 0 Å². The third-order valence-electron chi connectivity index (χ3n) is 4.29. The van der Waals surface area contributed by atoms with Crippen LogP contribution in [0.25, 0.3) is 16.7 Å². The summed E-state index contributed by atoms with van der Waals surface area (Å²) in [6.07, 6.45) is 3.78. The van der Waals surface area contributed by atoms with Crippen LogP contribution in [-0.2, 0) is 11.3 Å². The Morgan fingerprint density at radius 3 is 2.73 bits per heavy atom. The van der Waals surface area contributed by atoms with Gasteiger partial charge in [-0.1, -0.05) is 31.5 Å². The minimum atomic E-state index is -0.170. The molecule has 0 radical (unpaired) electrons. The van der Waals surface area contributed by atoms with Gasteiger partial charge in [0.15, 0.2) is 5.65 Å². The van der Waals surface area contributed by atoms with E-state index < -0.39 is 0 Å². The van der Waals surface area contributed by atoms with Crippen LogP contribution < -0.4 is 10.9 Å². The summed E-state index contributed by atoms with van der Waals surface area (Å²) in [6, 6.07) is 9.57. The molecule has 0 aliphatic carbocycles. The van der Waals surface area contributed by atoms with Gasteiger partial charge in [-0.3, -0.25) is 14.2 Å². The summed E-state index contributed by atoms with van der Waals surface area (Å²) < 4.78 is 3.20. The highest BCUT2D eigenvalue weighted by Crippen LogP contribution is 2.14. The van der Waals surface area contributed by atoms with E-state index >= 15 is 0 Å². The number of fused-ring (bicyclic) bond motifs is 1. The third kappa shape index (κ3) is 3.66.